The highest BCUT2D eigenvalue weighted by atomic mass is 16.5. The Labute approximate surface area is 103 Å². The molecule has 17 heavy (non-hydrogen) atoms. The van der Waals surface area contributed by atoms with E-state index in [0.29, 0.717) is 12.6 Å². The van der Waals surface area contributed by atoms with Crippen LogP contribution in [0.4, 0.5) is 0 Å². The molecule has 2 rings (SSSR count). The Morgan fingerprint density at radius 2 is 2.47 bits per heavy atom. The first-order valence-corrected chi connectivity index (χ1v) is 6.44. The average molecular weight is 238 g/mol. The van der Waals surface area contributed by atoms with Gasteiger partial charge in [-0.15, -0.1) is 0 Å². The van der Waals surface area contributed by atoms with Crippen LogP contribution in [0.2, 0.25) is 0 Å². The van der Waals surface area contributed by atoms with Crippen LogP contribution in [0.1, 0.15) is 31.6 Å². The van der Waals surface area contributed by atoms with E-state index >= 15 is 0 Å². The molecular formula is C13H22N2O2. The Hall–Kier alpha value is -0.840. The highest BCUT2D eigenvalue weighted by Crippen LogP contribution is 2.23. The molecule has 1 aliphatic rings. The van der Waals surface area contributed by atoms with E-state index in [0.717, 1.165) is 38.3 Å². The van der Waals surface area contributed by atoms with Gasteiger partial charge in [0.2, 0.25) is 0 Å². The zero-order chi connectivity index (χ0) is 12.1. The van der Waals surface area contributed by atoms with E-state index in [1.54, 1.807) is 6.26 Å². The Kier molecular flexibility index (Phi) is 4.59. The number of hydrogen-bond acceptors (Lipinski definition) is 4. The number of rotatable bonds is 4. The minimum atomic E-state index is 0.181. The van der Waals surface area contributed by atoms with E-state index in [-0.39, 0.29) is 6.04 Å². The maximum absolute atomic E-state index is 5.89. The summed E-state index contributed by atoms with van der Waals surface area (Å²) in [5.41, 5.74) is 5.89. The van der Waals surface area contributed by atoms with Gasteiger partial charge in [-0.3, -0.25) is 4.90 Å². The van der Waals surface area contributed by atoms with E-state index in [4.69, 9.17) is 14.9 Å². The molecule has 2 atom stereocenters. The van der Waals surface area contributed by atoms with Gasteiger partial charge in [0.15, 0.2) is 0 Å². The number of nitrogens with zero attached hydrogens (tertiary/aromatic N) is 1. The topological polar surface area (TPSA) is 51.6 Å². The van der Waals surface area contributed by atoms with Crippen LogP contribution < -0.4 is 5.73 Å². The molecule has 0 spiro atoms. The zero-order valence-electron chi connectivity index (χ0n) is 10.5. The van der Waals surface area contributed by atoms with Crippen molar-refractivity contribution in [2.45, 2.75) is 31.9 Å². The monoisotopic (exact) mass is 238 g/mol. The Balaban J connectivity index is 2.07. The van der Waals surface area contributed by atoms with Gasteiger partial charge in [0.05, 0.1) is 18.4 Å². The minimum Gasteiger partial charge on any atom is -0.468 e. The van der Waals surface area contributed by atoms with Gasteiger partial charge in [-0.05, 0) is 25.0 Å². The molecule has 0 aromatic carbocycles. The van der Waals surface area contributed by atoms with Crippen LogP contribution in [0.15, 0.2) is 22.8 Å². The molecule has 2 heterocycles. The van der Waals surface area contributed by atoms with Gasteiger partial charge in [0.1, 0.15) is 5.76 Å². The van der Waals surface area contributed by atoms with Crippen LogP contribution >= 0.6 is 0 Å². The molecule has 4 nitrogen and oxygen atoms in total. The summed E-state index contributed by atoms with van der Waals surface area (Å²) in [5, 5.41) is 0. The third kappa shape index (κ3) is 3.09. The molecule has 0 aliphatic carbocycles. The second-order valence-corrected chi connectivity index (χ2v) is 4.52. The van der Waals surface area contributed by atoms with Crippen LogP contribution in [0.5, 0.6) is 0 Å². The standard InChI is InChI=1S/C13H22N2O2/c1-2-11-10-15(6-4-8-16-11)12(9-14)13-5-3-7-17-13/h3,5,7,11-12H,2,4,6,8-10,14H2,1H3. The SMILES string of the molecule is CCC1CN(C(CN)c2ccco2)CCCO1. The smallest absolute Gasteiger partial charge is 0.122 e. The Morgan fingerprint density at radius 3 is 3.12 bits per heavy atom. The van der Waals surface area contributed by atoms with Crippen molar-refractivity contribution in [3.05, 3.63) is 24.2 Å². The van der Waals surface area contributed by atoms with Gasteiger partial charge in [-0.2, -0.15) is 0 Å². The first kappa shape index (κ1) is 12.6. The minimum absolute atomic E-state index is 0.181. The lowest BCUT2D eigenvalue weighted by Gasteiger charge is -2.29. The molecule has 2 unspecified atom stereocenters. The third-order valence-corrected chi connectivity index (χ3v) is 3.37. The molecule has 1 fully saturated rings. The van der Waals surface area contributed by atoms with E-state index in [2.05, 4.69) is 11.8 Å². The van der Waals surface area contributed by atoms with Crippen molar-refractivity contribution in [2.75, 3.05) is 26.2 Å². The van der Waals surface area contributed by atoms with E-state index in [1.807, 2.05) is 12.1 Å². The molecule has 0 bridgehead atoms. The number of furan rings is 1. The van der Waals surface area contributed by atoms with Crippen molar-refractivity contribution >= 4 is 0 Å². The lowest BCUT2D eigenvalue weighted by atomic mass is 10.1. The second-order valence-electron chi connectivity index (χ2n) is 4.52. The lowest BCUT2D eigenvalue weighted by Crippen LogP contribution is -2.38. The fourth-order valence-corrected chi connectivity index (χ4v) is 2.38. The summed E-state index contributed by atoms with van der Waals surface area (Å²) in [6, 6.07) is 4.11. The number of nitrogens with two attached hydrogens (primary N) is 1. The van der Waals surface area contributed by atoms with Crippen molar-refractivity contribution in [2.24, 2.45) is 5.73 Å². The van der Waals surface area contributed by atoms with E-state index < -0.39 is 0 Å². The van der Waals surface area contributed by atoms with Crippen molar-refractivity contribution in [3.8, 4) is 0 Å². The lowest BCUT2D eigenvalue weighted by molar-refractivity contribution is 0.0441. The summed E-state index contributed by atoms with van der Waals surface area (Å²) in [7, 11) is 0. The molecule has 0 saturated carbocycles. The molecule has 0 radical (unpaired) electrons. The summed E-state index contributed by atoms with van der Waals surface area (Å²) in [6.07, 6.45) is 4.14. The van der Waals surface area contributed by atoms with Crippen LogP contribution in [0.25, 0.3) is 0 Å². The molecule has 4 heteroatoms. The first-order chi connectivity index (χ1) is 8.35. The van der Waals surface area contributed by atoms with Gasteiger partial charge in [-0.1, -0.05) is 6.92 Å². The predicted octanol–water partition coefficient (Wildman–Crippen LogP) is 1.78. The summed E-state index contributed by atoms with van der Waals surface area (Å²) >= 11 is 0. The summed E-state index contributed by atoms with van der Waals surface area (Å²) in [6.45, 7) is 5.57. The summed E-state index contributed by atoms with van der Waals surface area (Å²) < 4.78 is 11.3. The first-order valence-electron chi connectivity index (χ1n) is 6.44. The second kappa shape index (κ2) is 6.19. The summed E-state index contributed by atoms with van der Waals surface area (Å²) in [5.74, 6) is 0.962. The van der Waals surface area contributed by atoms with Gasteiger partial charge < -0.3 is 14.9 Å². The van der Waals surface area contributed by atoms with Crippen LogP contribution in [0, 0.1) is 0 Å². The molecule has 1 aromatic heterocycles. The quantitative estimate of drug-likeness (QED) is 0.868. The molecule has 1 saturated heterocycles. The van der Waals surface area contributed by atoms with E-state index in [1.165, 1.54) is 0 Å². The number of ether oxygens (including phenoxy) is 1. The van der Waals surface area contributed by atoms with Crippen LogP contribution in [0.3, 0.4) is 0 Å². The maximum Gasteiger partial charge on any atom is 0.122 e. The van der Waals surface area contributed by atoms with Crippen molar-refractivity contribution in [1.82, 2.24) is 4.90 Å². The van der Waals surface area contributed by atoms with E-state index in [9.17, 15) is 0 Å². The van der Waals surface area contributed by atoms with Crippen LogP contribution in [-0.2, 0) is 4.74 Å². The largest absolute Gasteiger partial charge is 0.468 e. The van der Waals surface area contributed by atoms with Gasteiger partial charge in [-0.25, -0.2) is 0 Å². The molecule has 2 N–H and O–H groups in total. The Bertz CT molecular complexity index is 313. The average Bonchev–Trinajstić information content (AvgIpc) is 2.76. The summed E-state index contributed by atoms with van der Waals surface area (Å²) in [4.78, 5) is 2.39. The predicted molar refractivity (Wildman–Crippen MR) is 66.7 cm³/mol. The van der Waals surface area contributed by atoms with Gasteiger partial charge in [0, 0.05) is 26.2 Å². The molecule has 1 aromatic rings. The fourth-order valence-electron chi connectivity index (χ4n) is 2.38. The fraction of sp³-hybridized carbons (Fsp3) is 0.692. The van der Waals surface area contributed by atoms with Crippen molar-refractivity contribution in [1.29, 1.82) is 0 Å². The zero-order valence-corrected chi connectivity index (χ0v) is 10.5. The molecule has 96 valence electrons. The Morgan fingerprint density at radius 1 is 1.59 bits per heavy atom. The molecule has 1 aliphatic heterocycles. The molecular weight excluding hydrogens is 216 g/mol. The maximum atomic E-state index is 5.89. The third-order valence-electron chi connectivity index (χ3n) is 3.37. The molecule has 0 amide bonds. The highest BCUT2D eigenvalue weighted by molar-refractivity contribution is 5.05. The van der Waals surface area contributed by atoms with Crippen molar-refractivity contribution in [3.63, 3.8) is 0 Å². The number of hydrogen-bond donors (Lipinski definition) is 1. The van der Waals surface area contributed by atoms with Crippen LogP contribution in [-0.4, -0.2) is 37.2 Å². The normalized spacial score (nSPS) is 24.5. The van der Waals surface area contributed by atoms with Crippen molar-refractivity contribution < 1.29 is 9.15 Å². The van der Waals surface area contributed by atoms with Gasteiger partial charge in [0.25, 0.3) is 0 Å². The highest BCUT2D eigenvalue weighted by Gasteiger charge is 2.25. The van der Waals surface area contributed by atoms with Gasteiger partial charge >= 0.3 is 0 Å².